The van der Waals surface area contributed by atoms with E-state index < -0.39 is 18.1 Å². The summed E-state index contributed by atoms with van der Waals surface area (Å²) in [6, 6.07) is 6.69. The molecule has 0 bridgehead atoms. The molecule has 1 fully saturated rings. The van der Waals surface area contributed by atoms with E-state index in [1.807, 2.05) is 24.3 Å². The second kappa shape index (κ2) is 5.15. The normalized spacial score (nSPS) is 21.7. The molecule has 0 radical (unpaired) electrons. The van der Waals surface area contributed by atoms with Crippen molar-refractivity contribution < 1.29 is 19.4 Å². The number of aliphatic carboxylic acids is 1. The summed E-state index contributed by atoms with van der Waals surface area (Å²) in [7, 11) is 0. The van der Waals surface area contributed by atoms with Crippen molar-refractivity contribution >= 4 is 11.9 Å². The number of fused-ring (bicyclic) bond motifs is 1. The standard InChI is InChI=1S/C15H17NO4/c17-14(16-11(15(18)19)7-9-5-6-9)13-8-10-3-1-2-4-12(10)20-13/h1-4,9,11,13H,5-8H2,(H,16,17)(H,18,19). The van der Waals surface area contributed by atoms with Gasteiger partial charge in [-0.2, -0.15) is 0 Å². The fraction of sp³-hybridized carbons (Fsp3) is 0.467. The van der Waals surface area contributed by atoms with Gasteiger partial charge in [0.1, 0.15) is 11.8 Å². The molecule has 0 saturated heterocycles. The van der Waals surface area contributed by atoms with Crippen LogP contribution in [-0.2, 0) is 16.0 Å². The van der Waals surface area contributed by atoms with E-state index in [-0.39, 0.29) is 5.91 Å². The highest BCUT2D eigenvalue weighted by Crippen LogP contribution is 2.34. The molecule has 2 aliphatic rings. The van der Waals surface area contributed by atoms with E-state index in [4.69, 9.17) is 9.84 Å². The van der Waals surface area contributed by atoms with E-state index in [0.717, 1.165) is 18.4 Å². The van der Waals surface area contributed by atoms with Crippen LogP contribution in [-0.4, -0.2) is 29.1 Å². The molecule has 0 aromatic heterocycles. The first-order valence-corrected chi connectivity index (χ1v) is 6.91. The number of ether oxygens (including phenoxy) is 1. The Bertz CT molecular complexity index is 513. The van der Waals surface area contributed by atoms with Crippen molar-refractivity contribution in [2.24, 2.45) is 5.92 Å². The molecule has 20 heavy (non-hydrogen) atoms. The fourth-order valence-electron chi connectivity index (χ4n) is 2.50. The van der Waals surface area contributed by atoms with Gasteiger partial charge in [0.05, 0.1) is 0 Å². The summed E-state index contributed by atoms with van der Waals surface area (Å²) in [6.07, 6.45) is 2.52. The average Bonchev–Trinajstić information content (AvgIpc) is 3.13. The van der Waals surface area contributed by atoms with Crippen molar-refractivity contribution in [1.29, 1.82) is 0 Å². The van der Waals surface area contributed by atoms with Gasteiger partial charge >= 0.3 is 5.97 Å². The van der Waals surface area contributed by atoms with Crippen LogP contribution in [0.25, 0.3) is 0 Å². The number of carbonyl (C=O) groups is 2. The molecule has 3 rings (SSSR count). The van der Waals surface area contributed by atoms with Crippen molar-refractivity contribution in [1.82, 2.24) is 5.32 Å². The number of carbonyl (C=O) groups excluding carboxylic acids is 1. The zero-order valence-electron chi connectivity index (χ0n) is 11.0. The Labute approximate surface area is 116 Å². The lowest BCUT2D eigenvalue weighted by Gasteiger charge is -2.17. The summed E-state index contributed by atoms with van der Waals surface area (Å²) in [4.78, 5) is 23.3. The Morgan fingerprint density at radius 1 is 1.35 bits per heavy atom. The van der Waals surface area contributed by atoms with Gasteiger partial charge in [-0.05, 0) is 24.0 Å². The number of hydrogen-bond acceptors (Lipinski definition) is 3. The highest BCUT2D eigenvalue weighted by Gasteiger charge is 2.34. The SMILES string of the molecule is O=C(O)C(CC1CC1)NC(=O)C1Cc2ccccc2O1. The summed E-state index contributed by atoms with van der Waals surface area (Å²) in [5.41, 5.74) is 0.988. The van der Waals surface area contributed by atoms with Crippen LogP contribution in [0.15, 0.2) is 24.3 Å². The van der Waals surface area contributed by atoms with Crippen LogP contribution in [0.2, 0.25) is 0 Å². The molecule has 2 atom stereocenters. The van der Waals surface area contributed by atoms with E-state index in [1.165, 1.54) is 0 Å². The number of amides is 1. The van der Waals surface area contributed by atoms with Gasteiger partial charge in [-0.1, -0.05) is 31.0 Å². The Hall–Kier alpha value is -2.04. The highest BCUT2D eigenvalue weighted by molar-refractivity contribution is 5.87. The van der Waals surface area contributed by atoms with Gasteiger partial charge in [0, 0.05) is 6.42 Å². The van der Waals surface area contributed by atoms with Gasteiger partial charge in [0.25, 0.3) is 5.91 Å². The smallest absolute Gasteiger partial charge is 0.326 e. The number of carboxylic acid groups (broad SMARTS) is 1. The summed E-state index contributed by atoms with van der Waals surface area (Å²) < 4.78 is 5.56. The van der Waals surface area contributed by atoms with Gasteiger partial charge in [0.15, 0.2) is 6.10 Å². The zero-order chi connectivity index (χ0) is 14.1. The fourth-order valence-corrected chi connectivity index (χ4v) is 2.50. The molecule has 106 valence electrons. The van der Waals surface area contributed by atoms with Crippen LogP contribution in [0, 0.1) is 5.92 Å². The summed E-state index contributed by atoms with van der Waals surface area (Å²) >= 11 is 0. The topological polar surface area (TPSA) is 75.6 Å². The van der Waals surface area contributed by atoms with E-state index in [1.54, 1.807) is 0 Å². The molecular weight excluding hydrogens is 258 g/mol. The maximum absolute atomic E-state index is 12.1. The van der Waals surface area contributed by atoms with Gasteiger partial charge in [0.2, 0.25) is 0 Å². The number of para-hydroxylation sites is 1. The van der Waals surface area contributed by atoms with Crippen LogP contribution < -0.4 is 10.1 Å². The second-order valence-corrected chi connectivity index (χ2v) is 5.50. The third-order valence-electron chi connectivity index (χ3n) is 3.82. The molecule has 1 aliphatic carbocycles. The van der Waals surface area contributed by atoms with Crippen LogP contribution in [0.5, 0.6) is 5.75 Å². The first-order chi connectivity index (χ1) is 9.63. The first kappa shape index (κ1) is 13.0. The molecule has 0 spiro atoms. The monoisotopic (exact) mass is 275 g/mol. The maximum atomic E-state index is 12.1. The largest absolute Gasteiger partial charge is 0.480 e. The lowest BCUT2D eigenvalue weighted by molar-refractivity contribution is -0.143. The third-order valence-corrected chi connectivity index (χ3v) is 3.82. The predicted molar refractivity (Wildman–Crippen MR) is 71.5 cm³/mol. The zero-order valence-corrected chi connectivity index (χ0v) is 11.0. The Morgan fingerprint density at radius 3 is 2.75 bits per heavy atom. The van der Waals surface area contributed by atoms with Gasteiger partial charge in [-0.25, -0.2) is 4.79 Å². The average molecular weight is 275 g/mol. The summed E-state index contributed by atoms with van der Waals surface area (Å²) in [5.74, 6) is -0.158. The molecular formula is C15H17NO4. The Balaban J connectivity index is 1.60. The molecule has 2 N–H and O–H groups in total. The van der Waals surface area contributed by atoms with Crippen LogP contribution in [0.1, 0.15) is 24.8 Å². The minimum absolute atomic E-state index is 0.339. The van der Waals surface area contributed by atoms with Crippen molar-refractivity contribution in [3.8, 4) is 5.75 Å². The van der Waals surface area contributed by atoms with Crippen molar-refractivity contribution in [2.75, 3.05) is 0 Å². The highest BCUT2D eigenvalue weighted by atomic mass is 16.5. The van der Waals surface area contributed by atoms with Gasteiger partial charge < -0.3 is 15.2 Å². The molecule has 1 aromatic rings. The first-order valence-electron chi connectivity index (χ1n) is 6.91. The van der Waals surface area contributed by atoms with E-state index >= 15 is 0 Å². The number of hydrogen-bond donors (Lipinski definition) is 2. The number of nitrogens with one attached hydrogen (secondary N) is 1. The van der Waals surface area contributed by atoms with E-state index in [2.05, 4.69) is 5.32 Å². The lowest BCUT2D eigenvalue weighted by atomic mass is 10.1. The van der Waals surface area contributed by atoms with Gasteiger partial charge in [-0.3, -0.25) is 4.79 Å². The second-order valence-electron chi connectivity index (χ2n) is 5.50. The molecule has 1 amide bonds. The number of rotatable bonds is 5. The molecule has 5 heteroatoms. The number of benzene rings is 1. The van der Waals surface area contributed by atoms with E-state index in [0.29, 0.717) is 24.5 Å². The Morgan fingerprint density at radius 2 is 2.10 bits per heavy atom. The molecule has 1 aromatic carbocycles. The molecule has 2 unspecified atom stereocenters. The summed E-state index contributed by atoms with van der Waals surface area (Å²) in [5, 5.41) is 11.8. The molecule has 1 aliphatic heterocycles. The van der Waals surface area contributed by atoms with Crippen LogP contribution >= 0.6 is 0 Å². The van der Waals surface area contributed by atoms with Crippen LogP contribution in [0.3, 0.4) is 0 Å². The quantitative estimate of drug-likeness (QED) is 0.850. The molecule has 1 heterocycles. The predicted octanol–water partition coefficient (Wildman–Crippen LogP) is 1.36. The van der Waals surface area contributed by atoms with E-state index in [9.17, 15) is 9.59 Å². The minimum atomic E-state index is -0.972. The van der Waals surface area contributed by atoms with Crippen molar-refractivity contribution in [3.63, 3.8) is 0 Å². The van der Waals surface area contributed by atoms with Crippen molar-refractivity contribution in [2.45, 2.75) is 37.8 Å². The van der Waals surface area contributed by atoms with Crippen LogP contribution in [0.4, 0.5) is 0 Å². The van der Waals surface area contributed by atoms with Gasteiger partial charge in [-0.15, -0.1) is 0 Å². The lowest BCUT2D eigenvalue weighted by Crippen LogP contribution is -2.47. The molecule has 1 saturated carbocycles. The maximum Gasteiger partial charge on any atom is 0.326 e. The van der Waals surface area contributed by atoms with Crippen molar-refractivity contribution in [3.05, 3.63) is 29.8 Å². The third kappa shape index (κ3) is 2.76. The molecule has 5 nitrogen and oxygen atoms in total. The summed E-state index contributed by atoms with van der Waals surface area (Å²) in [6.45, 7) is 0. The minimum Gasteiger partial charge on any atom is -0.480 e. The Kier molecular flexibility index (Phi) is 3.34. The number of carboxylic acids is 1.